The van der Waals surface area contributed by atoms with Crippen molar-refractivity contribution in [2.45, 2.75) is 45.6 Å². The second kappa shape index (κ2) is 9.45. The number of carbonyl (C=O) groups excluding carboxylic acids is 2. The predicted octanol–water partition coefficient (Wildman–Crippen LogP) is 4.68. The van der Waals surface area contributed by atoms with E-state index in [9.17, 15) is 14.7 Å². The number of hydrogen-bond acceptors (Lipinski definition) is 5. The largest absolute Gasteiger partial charge is 0.507 e. The predicted molar refractivity (Wildman–Crippen MR) is 109 cm³/mol. The Balaban J connectivity index is 1.90. The minimum absolute atomic E-state index is 0.0509. The fraction of sp³-hybridized carbons (Fsp3) is 0.391. The van der Waals surface area contributed by atoms with Crippen molar-refractivity contribution >= 4 is 17.4 Å². The highest BCUT2D eigenvalue weighted by Crippen LogP contribution is 2.39. The number of hydrogen-bond donors (Lipinski definition) is 1. The molecule has 6 heteroatoms. The molecule has 0 radical (unpaired) electrons. The zero-order valence-electron chi connectivity index (χ0n) is 16.9. The van der Waals surface area contributed by atoms with Gasteiger partial charge in [-0.3, -0.25) is 9.59 Å². The molecular weight excluding hydrogens is 370 g/mol. The van der Waals surface area contributed by atoms with E-state index in [0.717, 1.165) is 19.3 Å². The number of carbonyl (C=O) groups is 2. The summed E-state index contributed by atoms with van der Waals surface area (Å²) in [6.45, 7) is 5.10. The van der Waals surface area contributed by atoms with Crippen LogP contribution in [0.3, 0.4) is 0 Å². The van der Waals surface area contributed by atoms with E-state index in [1.807, 2.05) is 6.92 Å². The van der Waals surface area contributed by atoms with Gasteiger partial charge in [-0.1, -0.05) is 26.7 Å². The minimum Gasteiger partial charge on any atom is -0.507 e. The number of nitrogens with zero attached hydrogens (tertiary/aromatic N) is 1. The molecule has 1 fully saturated rings. The molecule has 1 amide bonds. The van der Waals surface area contributed by atoms with Gasteiger partial charge in [0, 0.05) is 12.1 Å². The highest BCUT2D eigenvalue weighted by Gasteiger charge is 2.46. The summed E-state index contributed by atoms with van der Waals surface area (Å²) in [5.41, 5.74) is 0.506. The van der Waals surface area contributed by atoms with Gasteiger partial charge < -0.3 is 19.2 Å². The monoisotopic (exact) mass is 397 g/mol. The summed E-state index contributed by atoms with van der Waals surface area (Å²) in [5.74, 6) is -0.370. The molecule has 1 unspecified atom stereocenters. The van der Waals surface area contributed by atoms with Crippen LogP contribution >= 0.6 is 0 Å². The second-order valence-electron chi connectivity index (χ2n) is 7.09. The molecule has 0 aliphatic carbocycles. The van der Waals surface area contributed by atoms with Crippen molar-refractivity contribution in [3.63, 3.8) is 0 Å². The van der Waals surface area contributed by atoms with E-state index in [0.29, 0.717) is 36.6 Å². The van der Waals surface area contributed by atoms with Gasteiger partial charge in [-0.25, -0.2) is 0 Å². The number of rotatable bonds is 9. The zero-order valence-corrected chi connectivity index (χ0v) is 16.9. The molecule has 3 rings (SSSR count). The van der Waals surface area contributed by atoms with Gasteiger partial charge in [0.2, 0.25) is 0 Å². The molecule has 1 saturated heterocycles. The van der Waals surface area contributed by atoms with Crippen LogP contribution in [0.5, 0.6) is 5.75 Å². The zero-order chi connectivity index (χ0) is 20.8. The maximum absolute atomic E-state index is 12.7. The van der Waals surface area contributed by atoms with Gasteiger partial charge in [0.05, 0.1) is 18.4 Å². The first-order valence-corrected chi connectivity index (χ1v) is 10.1. The Labute approximate surface area is 170 Å². The Kier molecular flexibility index (Phi) is 6.75. The van der Waals surface area contributed by atoms with Crippen LogP contribution in [-0.2, 0) is 9.59 Å². The van der Waals surface area contributed by atoms with Crippen LogP contribution in [0.1, 0.15) is 56.9 Å². The number of ketones is 1. The number of likely N-dealkylation sites (tertiary alicyclic amines) is 1. The number of furan rings is 1. The molecule has 6 nitrogen and oxygen atoms in total. The molecular formula is C23H27NO5. The Morgan fingerprint density at radius 3 is 2.48 bits per heavy atom. The lowest BCUT2D eigenvalue weighted by Gasteiger charge is -2.22. The quantitative estimate of drug-likeness (QED) is 0.288. The number of aliphatic hydroxyl groups is 1. The maximum atomic E-state index is 12.7. The van der Waals surface area contributed by atoms with Crippen LogP contribution in [0.15, 0.2) is 52.7 Å². The van der Waals surface area contributed by atoms with Gasteiger partial charge in [0.25, 0.3) is 11.7 Å². The lowest BCUT2D eigenvalue weighted by molar-refractivity contribution is -0.140. The standard InChI is InChI=1S/C23H27NO5/c1-3-5-6-14-28-17-11-9-16(10-12-17)21(25)19-20(18-8-7-15-29-18)24(13-4-2)23(27)22(19)26/h7-12,15,20,25H,3-6,13-14H2,1-2H3/b21-19-. The fourth-order valence-electron chi connectivity index (χ4n) is 3.50. The van der Waals surface area contributed by atoms with Crippen LogP contribution in [0, 0.1) is 0 Å². The van der Waals surface area contributed by atoms with Crippen LogP contribution in [0.2, 0.25) is 0 Å². The fourth-order valence-corrected chi connectivity index (χ4v) is 3.50. The minimum atomic E-state index is -0.727. The highest BCUT2D eigenvalue weighted by atomic mass is 16.5. The summed E-state index contributed by atoms with van der Waals surface area (Å²) in [4.78, 5) is 26.7. The molecule has 0 spiro atoms. The Morgan fingerprint density at radius 2 is 1.86 bits per heavy atom. The molecule has 1 aliphatic rings. The van der Waals surface area contributed by atoms with Gasteiger partial charge in [0.1, 0.15) is 23.3 Å². The van der Waals surface area contributed by atoms with E-state index in [4.69, 9.17) is 9.15 Å². The van der Waals surface area contributed by atoms with Gasteiger partial charge in [-0.2, -0.15) is 0 Å². The third kappa shape index (κ3) is 4.36. The molecule has 1 aromatic heterocycles. The summed E-state index contributed by atoms with van der Waals surface area (Å²) in [6, 6.07) is 9.57. The van der Waals surface area contributed by atoms with E-state index in [-0.39, 0.29) is 11.3 Å². The van der Waals surface area contributed by atoms with E-state index in [1.54, 1.807) is 36.4 Å². The van der Waals surface area contributed by atoms with Crippen LogP contribution in [-0.4, -0.2) is 34.8 Å². The smallest absolute Gasteiger partial charge is 0.295 e. The Bertz CT molecular complexity index is 867. The van der Waals surface area contributed by atoms with Gasteiger partial charge >= 0.3 is 0 Å². The van der Waals surface area contributed by atoms with Crippen molar-refractivity contribution in [3.8, 4) is 5.75 Å². The average molecular weight is 397 g/mol. The van der Waals surface area contributed by atoms with Crippen molar-refractivity contribution in [3.05, 3.63) is 59.6 Å². The summed E-state index contributed by atoms with van der Waals surface area (Å²) in [6.07, 6.45) is 5.41. The molecule has 0 bridgehead atoms. The number of benzene rings is 1. The Morgan fingerprint density at radius 1 is 1.10 bits per heavy atom. The summed E-state index contributed by atoms with van der Waals surface area (Å²) < 4.78 is 11.2. The SMILES string of the molecule is CCCCCOc1ccc(/C(O)=C2/C(=O)C(=O)N(CCC)C2c2ccco2)cc1. The van der Waals surface area contributed by atoms with Gasteiger partial charge in [0.15, 0.2) is 0 Å². The van der Waals surface area contributed by atoms with Crippen molar-refractivity contribution in [2.75, 3.05) is 13.2 Å². The molecule has 154 valence electrons. The third-order valence-corrected chi connectivity index (χ3v) is 4.96. The molecule has 2 aromatic rings. The first-order chi connectivity index (χ1) is 14.1. The summed E-state index contributed by atoms with van der Waals surface area (Å²) in [7, 11) is 0. The first-order valence-electron chi connectivity index (χ1n) is 10.1. The van der Waals surface area contributed by atoms with Crippen molar-refractivity contribution in [1.29, 1.82) is 0 Å². The Hall–Kier alpha value is -3.02. The molecule has 0 saturated carbocycles. The molecule has 2 heterocycles. The lowest BCUT2D eigenvalue weighted by atomic mass is 9.99. The second-order valence-corrected chi connectivity index (χ2v) is 7.09. The van der Waals surface area contributed by atoms with E-state index >= 15 is 0 Å². The molecule has 1 atom stereocenters. The normalized spacial score (nSPS) is 18.4. The average Bonchev–Trinajstić information content (AvgIpc) is 3.34. The lowest BCUT2D eigenvalue weighted by Crippen LogP contribution is -2.30. The first kappa shape index (κ1) is 20.7. The molecule has 1 aromatic carbocycles. The highest BCUT2D eigenvalue weighted by molar-refractivity contribution is 6.46. The topological polar surface area (TPSA) is 80.0 Å². The van der Waals surface area contributed by atoms with Crippen molar-refractivity contribution in [2.24, 2.45) is 0 Å². The molecule has 1 N–H and O–H groups in total. The van der Waals surface area contributed by atoms with E-state index in [2.05, 4.69) is 6.92 Å². The van der Waals surface area contributed by atoms with Crippen LogP contribution in [0.25, 0.3) is 5.76 Å². The van der Waals surface area contributed by atoms with Crippen molar-refractivity contribution in [1.82, 2.24) is 4.90 Å². The van der Waals surface area contributed by atoms with Crippen LogP contribution in [0.4, 0.5) is 0 Å². The maximum Gasteiger partial charge on any atom is 0.295 e. The summed E-state index contributed by atoms with van der Waals surface area (Å²) >= 11 is 0. The number of amides is 1. The van der Waals surface area contributed by atoms with Crippen molar-refractivity contribution < 1.29 is 23.8 Å². The van der Waals surface area contributed by atoms with Gasteiger partial charge in [-0.05, 0) is 49.2 Å². The van der Waals surface area contributed by atoms with Crippen LogP contribution < -0.4 is 4.74 Å². The van der Waals surface area contributed by atoms with E-state index < -0.39 is 17.7 Å². The van der Waals surface area contributed by atoms with E-state index in [1.165, 1.54) is 11.2 Å². The third-order valence-electron chi connectivity index (χ3n) is 4.96. The van der Waals surface area contributed by atoms with Gasteiger partial charge in [-0.15, -0.1) is 0 Å². The number of aliphatic hydroxyl groups excluding tert-OH is 1. The number of Topliss-reactive ketones (excluding diaryl/α,β-unsaturated/α-hetero) is 1. The number of ether oxygens (including phenoxy) is 1. The number of unbranched alkanes of at least 4 members (excludes halogenated alkanes) is 2. The summed E-state index contributed by atoms with van der Waals surface area (Å²) in [5, 5.41) is 10.9. The molecule has 1 aliphatic heterocycles. The molecule has 29 heavy (non-hydrogen) atoms.